The van der Waals surface area contributed by atoms with Crippen molar-refractivity contribution >= 4 is 31.9 Å². The summed E-state index contributed by atoms with van der Waals surface area (Å²) in [6.07, 6.45) is 0. The van der Waals surface area contributed by atoms with E-state index in [1.807, 2.05) is 0 Å². The molecule has 1 aromatic carbocycles. The molecule has 0 radical (unpaired) electrons. The normalized spacial score (nSPS) is 10.4. The first-order valence-corrected chi connectivity index (χ1v) is 4.88. The van der Waals surface area contributed by atoms with Gasteiger partial charge in [-0.25, -0.2) is 0 Å². The van der Waals surface area contributed by atoms with Crippen LogP contribution in [0.1, 0.15) is 14.9 Å². The van der Waals surface area contributed by atoms with Crippen molar-refractivity contribution in [3.63, 3.8) is 0 Å². The highest BCUT2D eigenvalue weighted by atomic mass is 79.9. The second-order valence-corrected chi connectivity index (χ2v) is 5.27. The molecule has 0 N–H and O–H groups in total. The first-order chi connectivity index (χ1) is 4.70. The average molecular weight is 264 g/mol. The number of halogens is 2. The third kappa shape index (κ3) is 2.10. The van der Waals surface area contributed by atoms with Crippen LogP contribution in [0.25, 0.3) is 0 Å². The predicted molar refractivity (Wildman–Crippen MR) is 51.8 cm³/mol. The number of alkyl halides is 2. The molecule has 0 aliphatic rings. The maximum Gasteiger partial charge on any atom is 0.0946 e. The lowest BCUT2D eigenvalue weighted by molar-refractivity contribution is 1.37. The Bertz CT molecular complexity index is 201. The molecule has 0 aromatic heterocycles. The van der Waals surface area contributed by atoms with Crippen molar-refractivity contribution in [3.8, 4) is 0 Å². The zero-order chi connectivity index (χ0) is 7.56. The number of benzene rings is 1. The molecular weight excluding hydrogens is 256 g/mol. The van der Waals surface area contributed by atoms with Gasteiger partial charge in [-0.05, 0) is 12.5 Å². The molecule has 0 amide bonds. The molecule has 0 aliphatic heterocycles. The minimum atomic E-state index is 0.278. The first-order valence-electron chi connectivity index (χ1n) is 3.05. The van der Waals surface area contributed by atoms with Crippen molar-refractivity contribution in [1.82, 2.24) is 0 Å². The van der Waals surface area contributed by atoms with Gasteiger partial charge in [0.25, 0.3) is 0 Å². The molecule has 10 heavy (non-hydrogen) atoms. The summed E-state index contributed by atoms with van der Waals surface area (Å²) in [5, 5.41) is 0. The second-order valence-electron chi connectivity index (χ2n) is 2.21. The van der Waals surface area contributed by atoms with E-state index in [1.54, 1.807) is 0 Å². The number of hydrogen-bond donors (Lipinski definition) is 0. The third-order valence-electron chi connectivity index (χ3n) is 1.33. The van der Waals surface area contributed by atoms with E-state index >= 15 is 0 Å². The summed E-state index contributed by atoms with van der Waals surface area (Å²) in [6, 6.07) is 8.41. The minimum absolute atomic E-state index is 0.278. The van der Waals surface area contributed by atoms with E-state index in [0.29, 0.717) is 0 Å². The van der Waals surface area contributed by atoms with Crippen LogP contribution >= 0.6 is 31.9 Å². The second kappa shape index (κ2) is 3.54. The van der Waals surface area contributed by atoms with Crippen LogP contribution in [0.4, 0.5) is 0 Å². The standard InChI is InChI=1S/C8H8Br2/c1-6-2-4-7(5-3-6)8(9)10/h2-5,8H,1H3. The van der Waals surface area contributed by atoms with Gasteiger partial charge in [-0.3, -0.25) is 0 Å². The maximum atomic E-state index is 3.42. The van der Waals surface area contributed by atoms with Gasteiger partial charge in [-0.2, -0.15) is 0 Å². The van der Waals surface area contributed by atoms with Gasteiger partial charge in [0.05, 0.1) is 3.74 Å². The molecule has 2 heteroatoms. The Hall–Kier alpha value is 0.180. The van der Waals surface area contributed by atoms with Gasteiger partial charge in [-0.1, -0.05) is 61.7 Å². The maximum absolute atomic E-state index is 3.42. The van der Waals surface area contributed by atoms with E-state index in [4.69, 9.17) is 0 Å². The van der Waals surface area contributed by atoms with Crippen LogP contribution < -0.4 is 0 Å². The van der Waals surface area contributed by atoms with Crippen LogP contribution in [0.15, 0.2) is 24.3 Å². The van der Waals surface area contributed by atoms with Gasteiger partial charge >= 0.3 is 0 Å². The molecule has 0 bridgehead atoms. The molecule has 0 atom stereocenters. The molecular formula is C8H8Br2. The van der Waals surface area contributed by atoms with Gasteiger partial charge in [0.2, 0.25) is 0 Å². The van der Waals surface area contributed by atoms with E-state index in [1.165, 1.54) is 11.1 Å². The van der Waals surface area contributed by atoms with Crippen molar-refractivity contribution in [2.75, 3.05) is 0 Å². The Morgan fingerprint density at radius 2 is 1.60 bits per heavy atom. The van der Waals surface area contributed by atoms with Crippen molar-refractivity contribution in [2.45, 2.75) is 10.7 Å². The average Bonchev–Trinajstić information content (AvgIpc) is 1.88. The smallest absolute Gasteiger partial charge is 0.0712 e. The fourth-order valence-corrected chi connectivity index (χ4v) is 1.32. The Morgan fingerprint density at radius 1 is 1.10 bits per heavy atom. The van der Waals surface area contributed by atoms with Gasteiger partial charge in [0.15, 0.2) is 0 Å². The largest absolute Gasteiger partial charge is 0.0946 e. The molecule has 0 unspecified atom stereocenters. The molecule has 0 fully saturated rings. The molecule has 0 nitrogen and oxygen atoms in total. The summed E-state index contributed by atoms with van der Waals surface area (Å²) in [4.78, 5) is 0. The van der Waals surface area contributed by atoms with Gasteiger partial charge in [0, 0.05) is 0 Å². The van der Waals surface area contributed by atoms with Crippen LogP contribution in [0.2, 0.25) is 0 Å². The Labute approximate surface area is 77.9 Å². The molecule has 54 valence electrons. The van der Waals surface area contributed by atoms with Crippen molar-refractivity contribution in [1.29, 1.82) is 0 Å². The summed E-state index contributed by atoms with van der Waals surface area (Å²) in [5.41, 5.74) is 2.55. The highest BCUT2D eigenvalue weighted by molar-refractivity contribution is 9.24. The predicted octanol–water partition coefficient (Wildman–Crippen LogP) is 3.78. The lowest BCUT2D eigenvalue weighted by atomic mass is 10.2. The highest BCUT2D eigenvalue weighted by Crippen LogP contribution is 2.28. The van der Waals surface area contributed by atoms with Gasteiger partial charge in [-0.15, -0.1) is 0 Å². The lowest BCUT2D eigenvalue weighted by Gasteiger charge is -2.00. The van der Waals surface area contributed by atoms with E-state index in [2.05, 4.69) is 63.0 Å². The monoisotopic (exact) mass is 262 g/mol. The summed E-state index contributed by atoms with van der Waals surface area (Å²) in [5.74, 6) is 0. The topological polar surface area (TPSA) is 0 Å². The van der Waals surface area contributed by atoms with Gasteiger partial charge < -0.3 is 0 Å². The SMILES string of the molecule is Cc1ccc(C(Br)Br)cc1. The Kier molecular flexibility index (Phi) is 2.93. The number of aryl methyl sites for hydroxylation is 1. The van der Waals surface area contributed by atoms with Crippen molar-refractivity contribution < 1.29 is 0 Å². The fraction of sp³-hybridized carbons (Fsp3) is 0.250. The van der Waals surface area contributed by atoms with Gasteiger partial charge in [0.1, 0.15) is 0 Å². The van der Waals surface area contributed by atoms with E-state index < -0.39 is 0 Å². The molecule has 1 aromatic rings. The highest BCUT2D eigenvalue weighted by Gasteiger charge is 1.99. The summed E-state index contributed by atoms with van der Waals surface area (Å²) in [6.45, 7) is 2.08. The Balaban J connectivity index is 2.89. The first kappa shape index (κ1) is 8.28. The summed E-state index contributed by atoms with van der Waals surface area (Å²) >= 11 is 6.85. The van der Waals surface area contributed by atoms with E-state index in [0.717, 1.165) is 0 Å². The molecule has 0 saturated carbocycles. The molecule has 0 aliphatic carbocycles. The van der Waals surface area contributed by atoms with Crippen molar-refractivity contribution in [2.24, 2.45) is 0 Å². The summed E-state index contributed by atoms with van der Waals surface area (Å²) < 4.78 is 0.278. The van der Waals surface area contributed by atoms with E-state index in [9.17, 15) is 0 Å². The summed E-state index contributed by atoms with van der Waals surface area (Å²) in [7, 11) is 0. The minimum Gasteiger partial charge on any atom is -0.0712 e. The zero-order valence-electron chi connectivity index (χ0n) is 5.64. The molecule has 1 rings (SSSR count). The van der Waals surface area contributed by atoms with Crippen LogP contribution in [-0.2, 0) is 0 Å². The lowest BCUT2D eigenvalue weighted by Crippen LogP contribution is -1.79. The number of rotatable bonds is 1. The van der Waals surface area contributed by atoms with Crippen LogP contribution in [0.3, 0.4) is 0 Å². The van der Waals surface area contributed by atoms with Crippen LogP contribution in [0.5, 0.6) is 0 Å². The number of hydrogen-bond acceptors (Lipinski definition) is 0. The van der Waals surface area contributed by atoms with Crippen molar-refractivity contribution in [3.05, 3.63) is 35.4 Å². The third-order valence-corrected chi connectivity index (χ3v) is 2.39. The molecule has 0 heterocycles. The molecule has 0 saturated heterocycles. The quantitative estimate of drug-likeness (QED) is 0.677. The van der Waals surface area contributed by atoms with Crippen LogP contribution in [0, 0.1) is 6.92 Å². The zero-order valence-corrected chi connectivity index (χ0v) is 8.81. The van der Waals surface area contributed by atoms with Crippen LogP contribution in [-0.4, -0.2) is 0 Å². The van der Waals surface area contributed by atoms with E-state index in [-0.39, 0.29) is 3.74 Å². The fourth-order valence-electron chi connectivity index (χ4n) is 0.712. The Morgan fingerprint density at radius 3 is 2.00 bits per heavy atom. The molecule has 0 spiro atoms.